The minimum Gasteiger partial charge on any atom is -0.490 e. The molecule has 0 bridgehead atoms. The summed E-state index contributed by atoms with van der Waals surface area (Å²) in [5.74, 6) is 1.61. The quantitative estimate of drug-likeness (QED) is 0.129. The molecule has 0 saturated heterocycles. The van der Waals surface area contributed by atoms with Crippen molar-refractivity contribution in [1.82, 2.24) is 9.78 Å². The second kappa shape index (κ2) is 15.1. The Morgan fingerprint density at radius 3 is 2.27 bits per heavy atom. The Bertz CT molecular complexity index is 864. The molecule has 0 saturated carbocycles. The molecule has 0 amide bonds. The molecule has 2 rings (SSSR count). The van der Waals surface area contributed by atoms with Gasteiger partial charge in [0.2, 0.25) is 5.88 Å². The smallest absolute Gasteiger partial charge is 0.233 e. The molecule has 0 unspecified atom stereocenters. The number of oxime groups is 1. The third kappa shape index (κ3) is 9.72. The maximum Gasteiger partial charge on any atom is 0.233 e. The molecular weight excluding hydrogens is 414 g/mol. The lowest BCUT2D eigenvalue weighted by molar-refractivity contribution is 0.215. The second-order valence-corrected chi connectivity index (χ2v) is 8.44. The molecule has 0 spiro atoms. The molecule has 0 atom stereocenters. The van der Waals surface area contributed by atoms with E-state index in [0.29, 0.717) is 19.1 Å². The van der Waals surface area contributed by atoms with Crippen molar-refractivity contribution in [1.29, 1.82) is 0 Å². The Morgan fingerprint density at radius 2 is 1.61 bits per heavy atom. The minimum atomic E-state index is 0.634. The van der Waals surface area contributed by atoms with Gasteiger partial charge in [-0.3, -0.25) is 4.68 Å². The summed E-state index contributed by atoms with van der Waals surface area (Å²) >= 11 is 0. The average Bonchev–Trinajstić information content (AvgIpc) is 3.14. The van der Waals surface area contributed by atoms with Gasteiger partial charge in [0.15, 0.2) is 0 Å². The lowest BCUT2D eigenvalue weighted by Crippen LogP contribution is -2.00. The zero-order valence-electron chi connectivity index (χ0n) is 21.1. The largest absolute Gasteiger partial charge is 0.490 e. The molecule has 0 aliphatic heterocycles. The molecule has 33 heavy (non-hydrogen) atoms. The van der Waals surface area contributed by atoms with Crippen LogP contribution < -0.4 is 9.47 Å². The van der Waals surface area contributed by atoms with Gasteiger partial charge in [-0.25, -0.2) is 0 Å². The number of allylic oxidation sites excluding steroid dienone is 1. The number of nitrogens with zero attached hydrogens (tertiary/aromatic N) is 3. The van der Waals surface area contributed by atoms with Crippen molar-refractivity contribution in [2.24, 2.45) is 12.2 Å². The zero-order chi connectivity index (χ0) is 23.9. The molecule has 0 aliphatic carbocycles. The maximum atomic E-state index is 5.80. The van der Waals surface area contributed by atoms with Crippen molar-refractivity contribution >= 4 is 6.21 Å². The topological polar surface area (TPSA) is 57.9 Å². The van der Waals surface area contributed by atoms with Crippen LogP contribution >= 0.6 is 0 Å². The van der Waals surface area contributed by atoms with Crippen LogP contribution in [-0.4, -0.2) is 36.3 Å². The molecule has 1 heterocycles. The number of rotatable bonds is 16. The summed E-state index contributed by atoms with van der Waals surface area (Å²) in [6.45, 7) is 7.75. The van der Waals surface area contributed by atoms with Gasteiger partial charge in [-0.05, 0) is 68.9 Å². The first-order valence-corrected chi connectivity index (χ1v) is 12.1. The van der Waals surface area contributed by atoms with Crippen molar-refractivity contribution in [3.05, 3.63) is 52.7 Å². The van der Waals surface area contributed by atoms with Crippen molar-refractivity contribution in [3.63, 3.8) is 0 Å². The molecular formula is C27H41N3O3. The molecule has 182 valence electrons. The third-order valence-electron chi connectivity index (χ3n) is 5.76. The Hall–Kier alpha value is -2.76. The highest BCUT2D eigenvalue weighted by molar-refractivity contribution is 5.77. The fourth-order valence-electron chi connectivity index (χ4n) is 3.89. The highest BCUT2D eigenvalue weighted by atomic mass is 16.6. The predicted octanol–water partition coefficient (Wildman–Crippen LogP) is 6.32. The van der Waals surface area contributed by atoms with Gasteiger partial charge in [0.05, 0.1) is 18.5 Å². The molecule has 1 aromatic carbocycles. The minimum absolute atomic E-state index is 0.634. The summed E-state index contributed by atoms with van der Waals surface area (Å²) in [6.07, 6.45) is 15.4. The normalized spacial score (nSPS) is 11.5. The van der Waals surface area contributed by atoms with Gasteiger partial charge in [0.25, 0.3) is 0 Å². The van der Waals surface area contributed by atoms with E-state index in [0.717, 1.165) is 24.3 Å². The second-order valence-electron chi connectivity index (χ2n) is 8.44. The molecule has 6 heteroatoms. The van der Waals surface area contributed by atoms with E-state index in [-0.39, 0.29) is 0 Å². The fourth-order valence-corrected chi connectivity index (χ4v) is 3.89. The lowest BCUT2D eigenvalue weighted by atomic mass is 9.96. The Morgan fingerprint density at radius 1 is 0.939 bits per heavy atom. The molecule has 0 radical (unpaired) electrons. The van der Waals surface area contributed by atoms with E-state index in [1.807, 2.05) is 32.2 Å². The fraction of sp³-hybridized carbons (Fsp3) is 0.556. The monoisotopic (exact) mass is 455 g/mol. The van der Waals surface area contributed by atoms with Crippen LogP contribution in [0.3, 0.4) is 0 Å². The molecule has 0 N–H and O–H groups in total. The molecule has 6 nitrogen and oxygen atoms in total. The Balaban J connectivity index is 1.54. The summed E-state index contributed by atoms with van der Waals surface area (Å²) in [4.78, 5) is 4.70. The number of unbranched alkanes of at least 4 members (excludes halogenated alkanes) is 6. The van der Waals surface area contributed by atoms with E-state index in [2.05, 4.69) is 36.2 Å². The Kier molecular flexibility index (Phi) is 12.2. The third-order valence-corrected chi connectivity index (χ3v) is 5.76. The van der Waals surface area contributed by atoms with E-state index in [4.69, 9.17) is 14.3 Å². The van der Waals surface area contributed by atoms with Gasteiger partial charge < -0.3 is 14.3 Å². The zero-order valence-corrected chi connectivity index (χ0v) is 21.1. The van der Waals surface area contributed by atoms with Gasteiger partial charge in [0, 0.05) is 13.1 Å². The van der Waals surface area contributed by atoms with E-state index >= 15 is 0 Å². The van der Waals surface area contributed by atoms with Gasteiger partial charge in [-0.1, -0.05) is 49.4 Å². The first-order chi connectivity index (χ1) is 16.0. The summed E-state index contributed by atoms with van der Waals surface area (Å²) in [5, 5.41) is 8.09. The van der Waals surface area contributed by atoms with E-state index in [9.17, 15) is 0 Å². The number of ether oxygens (including phenoxy) is 2. The van der Waals surface area contributed by atoms with Gasteiger partial charge in [-0.15, -0.1) is 5.10 Å². The molecule has 0 fully saturated rings. The average molecular weight is 456 g/mol. The maximum absolute atomic E-state index is 5.80. The molecule has 1 aromatic heterocycles. The first kappa shape index (κ1) is 26.5. The summed E-state index contributed by atoms with van der Waals surface area (Å²) < 4.78 is 13.3. The van der Waals surface area contributed by atoms with Crippen LogP contribution in [0.25, 0.3) is 0 Å². The van der Waals surface area contributed by atoms with Crippen LogP contribution in [0.5, 0.6) is 11.6 Å². The summed E-state index contributed by atoms with van der Waals surface area (Å²) in [5.41, 5.74) is 5.02. The van der Waals surface area contributed by atoms with Crippen molar-refractivity contribution in [3.8, 4) is 11.6 Å². The Labute approximate surface area is 199 Å². The van der Waals surface area contributed by atoms with Crippen molar-refractivity contribution < 1.29 is 14.3 Å². The van der Waals surface area contributed by atoms with Gasteiger partial charge >= 0.3 is 0 Å². The van der Waals surface area contributed by atoms with Crippen LogP contribution in [0.15, 0.2) is 35.5 Å². The van der Waals surface area contributed by atoms with Gasteiger partial charge in [0.1, 0.15) is 19.5 Å². The van der Waals surface area contributed by atoms with E-state index < -0.39 is 0 Å². The summed E-state index contributed by atoms with van der Waals surface area (Å²) in [7, 11) is 3.39. The molecule has 2 aromatic rings. The highest BCUT2D eigenvalue weighted by Gasteiger charge is 2.06. The first-order valence-electron chi connectivity index (χ1n) is 12.1. The van der Waals surface area contributed by atoms with Crippen molar-refractivity contribution in [2.45, 2.75) is 72.1 Å². The number of benzene rings is 1. The van der Waals surface area contributed by atoms with Gasteiger partial charge in [-0.2, -0.15) is 0 Å². The highest BCUT2D eigenvalue weighted by Crippen LogP contribution is 2.24. The lowest BCUT2D eigenvalue weighted by Gasteiger charge is -2.13. The molecule has 0 aliphatic rings. The van der Waals surface area contributed by atoms with Crippen molar-refractivity contribution in [2.75, 3.05) is 20.3 Å². The summed E-state index contributed by atoms with van der Waals surface area (Å²) in [6, 6.07) is 6.22. The predicted molar refractivity (Wildman–Crippen MR) is 136 cm³/mol. The van der Waals surface area contributed by atoms with E-state index in [1.165, 1.54) is 62.3 Å². The van der Waals surface area contributed by atoms with Crippen LogP contribution in [-0.2, 0) is 18.3 Å². The van der Waals surface area contributed by atoms with E-state index in [1.54, 1.807) is 10.9 Å². The van der Waals surface area contributed by atoms with Crippen LogP contribution in [0, 0.1) is 13.8 Å². The van der Waals surface area contributed by atoms with Crippen LogP contribution in [0.1, 0.15) is 74.3 Å². The van der Waals surface area contributed by atoms with Crippen LogP contribution in [0.2, 0.25) is 0 Å². The standard InChI is InChI=1S/C27H41N3O3/c1-6-7-16-32-25-18-22(2)26(23(3)19-25)15-13-11-9-8-10-12-14-17-33-27-20-24(21-28-31-5)30(4)29-27/h6-7,18-21H,8-17H2,1-5H3/b7-6+,28-21?. The number of hydrogen-bond acceptors (Lipinski definition) is 5. The number of aromatic nitrogens is 2. The number of aryl methyl sites for hydroxylation is 3. The number of hydrogen-bond donors (Lipinski definition) is 0. The van der Waals surface area contributed by atoms with Crippen LogP contribution in [0.4, 0.5) is 0 Å². The SMILES string of the molecule is C/C=C/COc1cc(C)c(CCCCCCCCCOc2cc(C=NOC)n(C)n2)c(C)c1.